The molecular formula is C19H25N5O3. The molecule has 3 heterocycles. The molecule has 1 saturated carbocycles. The van der Waals surface area contributed by atoms with Crippen molar-refractivity contribution in [2.75, 3.05) is 6.54 Å². The summed E-state index contributed by atoms with van der Waals surface area (Å²) in [5.41, 5.74) is 2.94. The Morgan fingerprint density at radius 3 is 2.78 bits per heavy atom. The van der Waals surface area contributed by atoms with E-state index < -0.39 is 6.10 Å². The maximum absolute atomic E-state index is 12.8. The number of fused-ring (bicyclic) bond motifs is 1. The number of carbonyl (C=O) groups is 1. The fraction of sp³-hybridized carbons (Fsp3) is 0.579. The third kappa shape index (κ3) is 3.66. The van der Waals surface area contributed by atoms with Crippen molar-refractivity contribution in [3.8, 4) is 0 Å². The van der Waals surface area contributed by atoms with E-state index >= 15 is 0 Å². The van der Waals surface area contributed by atoms with Crippen molar-refractivity contribution in [1.29, 1.82) is 0 Å². The molecule has 144 valence electrons. The SMILES string of the molecule is Cc1cc(=O)n(CC(=O)N2CCCn3nc([C@H](O)C4CC4)cc3C2)nc1C. The van der Waals surface area contributed by atoms with Crippen LogP contribution >= 0.6 is 0 Å². The summed E-state index contributed by atoms with van der Waals surface area (Å²) in [5, 5.41) is 19.1. The zero-order valence-electron chi connectivity index (χ0n) is 15.8. The summed E-state index contributed by atoms with van der Waals surface area (Å²) in [5.74, 6) is 0.191. The van der Waals surface area contributed by atoms with E-state index in [4.69, 9.17) is 0 Å². The van der Waals surface area contributed by atoms with Crippen LogP contribution in [-0.4, -0.2) is 42.0 Å². The van der Waals surface area contributed by atoms with Crippen molar-refractivity contribution < 1.29 is 9.90 Å². The van der Waals surface area contributed by atoms with Gasteiger partial charge in [-0.25, -0.2) is 4.68 Å². The van der Waals surface area contributed by atoms with E-state index in [1.807, 2.05) is 24.6 Å². The number of aryl methyl sites for hydroxylation is 3. The van der Waals surface area contributed by atoms with Crippen molar-refractivity contribution in [3.63, 3.8) is 0 Å². The summed E-state index contributed by atoms with van der Waals surface area (Å²) in [7, 11) is 0. The molecule has 1 aliphatic carbocycles. The van der Waals surface area contributed by atoms with Crippen LogP contribution in [-0.2, 0) is 24.4 Å². The van der Waals surface area contributed by atoms with Gasteiger partial charge in [-0.1, -0.05) is 0 Å². The van der Waals surface area contributed by atoms with Crippen LogP contribution in [0.2, 0.25) is 0 Å². The van der Waals surface area contributed by atoms with E-state index in [9.17, 15) is 14.7 Å². The second-order valence-electron chi connectivity index (χ2n) is 7.64. The summed E-state index contributed by atoms with van der Waals surface area (Å²) in [6.07, 6.45) is 2.37. The third-order valence-electron chi connectivity index (χ3n) is 5.48. The molecule has 8 heteroatoms. The number of rotatable bonds is 4. The zero-order valence-corrected chi connectivity index (χ0v) is 15.8. The molecule has 0 saturated heterocycles. The summed E-state index contributed by atoms with van der Waals surface area (Å²) in [4.78, 5) is 26.6. The molecule has 27 heavy (non-hydrogen) atoms. The highest BCUT2D eigenvalue weighted by Crippen LogP contribution is 2.40. The number of carbonyl (C=O) groups excluding carboxylic acids is 1. The molecule has 1 amide bonds. The van der Waals surface area contributed by atoms with E-state index in [2.05, 4.69) is 10.2 Å². The van der Waals surface area contributed by atoms with E-state index in [0.717, 1.165) is 42.8 Å². The van der Waals surface area contributed by atoms with Gasteiger partial charge in [-0.15, -0.1) is 0 Å². The van der Waals surface area contributed by atoms with E-state index in [-0.39, 0.29) is 18.0 Å². The molecule has 1 fully saturated rings. The number of hydrogen-bond acceptors (Lipinski definition) is 5. The van der Waals surface area contributed by atoms with Gasteiger partial charge in [-0.2, -0.15) is 10.2 Å². The van der Waals surface area contributed by atoms with Gasteiger partial charge in [0.25, 0.3) is 5.56 Å². The Kier molecular flexibility index (Phi) is 4.59. The first-order chi connectivity index (χ1) is 12.9. The molecule has 2 aromatic rings. The average Bonchev–Trinajstić information content (AvgIpc) is 3.43. The normalized spacial score (nSPS) is 18.1. The lowest BCUT2D eigenvalue weighted by atomic mass is 10.1. The standard InChI is InChI=1S/C19H25N5O3/c1-12-8-17(25)24(20-13(12)2)11-18(26)22-6-3-7-23-15(10-22)9-16(21-23)19(27)14-4-5-14/h8-9,14,19,27H,3-7,10-11H2,1-2H3/t19-/m1/s1. The first kappa shape index (κ1) is 17.9. The Hall–Kier alpha value is -2.48. The quantitative estimate of drug-likeness (QED) is 0.863. The number of aliphatic hydroxyl groups is 1. The van der Waals surface area contributed by atoms with Gasteiger partial charge < -0.3 is 10.0 Å². The molecule has 4 rings (SSSR count). The fourth-order valence-corrected chi connectivity index (χ4v) is 3.51. The Morgan fingerprint density at radius 1 is 1.26 bits per heavy atom. The monoisotopic (exact) mass is 371 g/mol. The molecule has 2 aromatic heterocycles. The van der Waals surface area contributed by atoms with Gasteiger partial charge in [0.15, 0.2) is 0 Å². The second-order valence-corrected chi connectivity index (χ2v) is 7.64. The summed E-state index contributed by atoms with van der Waals surface area (Å²) in [6, 6.07) is 3.42. The number of aromatic nitrogens is 4. The maximum atomic E-state index is 12.8. The van der Waals surface area contributed by atoms with Gasteiger partial charge in [0.1, 0.15) is 12.6 Å². The molecule has 0 radical (unpaired) electrons. The lowest BCUT2D eigenvalue weighted by molar-refractivity contribution is -0.132. The summed E-state index contributed by atoms with van der Waals surface area (Å²) < 4.78 is 3.13. The van der Waals surface area contributed by atoms with Gasteiger partial charge in [0.2, 0.25) is 5.91 Å². The van der Waals surface area contributed by atoms with Crippen LogP contribution in [0, 0.1) is 19.8 Å². The molecule has 1 aliphatic heterocycles. The Bertz CT molecular complexity index is 928. The molecule has 0 aromatic carbocycles. The Balaban J connectivity index is 1.50. The van der Waals surface area contributed by atoms with Crippen LogP contribution in [0.1, 0.15) is 48.0 Å². The van der Waals surface area contributed by atoms with E-state index in [1.54, 1.807) is 4.90 Å². The maximum Gasteiger partial charge on any atom is 0.267 e. The van der Waals surface area contributed by atoms with Gasteiger partial charge in [0.05, 0.1) is 23.6 Å². The second kappa shape index (κ2) is 6.92. The summed E-state index contributed by atoms with van der Waals surface area (Å²) >= 11 is 0. The van der Waals surface area contributed by atoms with Crippen molar-refractivity contribution in [3.05, 3.63) is 45.1 Å². The Morgan fingerprint density at radius 2 is 2.04 bits per heavy atom. The number of nitrogens with zero attached hydrogens (tertiary/aromatic N) is 5. The average molecular weight is 371 g/mol. The van der Waals surface area contributed by atoms with Crippen LogP contribution in [0.25, 0.3) is 0 Å². The van der Waals surface area contributed by atoms with Gasteiger partial charge in [0, 0.05) is 19.2 Å². The minimum Gasteiger partial charge on any atom is -0.386 e. The fourth-order valence-electron chi connectivity index (χ4n) is 3.51. The molecule has 0 bridgehead atoms. The van der Waals surface area contributed by atoms with Crippen LogP contribution < -0.4 is 5.56 Å². The first-order valence-electron chi connectivity index (χ1n) is 9.50. The predicted octanol–water partition coefficient (Wildman–Crippen LogP) is 0.933. The zero-order chi connectivity index (χ0) is 19.1. The van der Waals surface area contributed by atoms with Gasteiger partial charge in [-0.3, -0.25) is 14.3 Å². The molecule has 1 atom stereocenters. The van der Waals surface area contributed by atoms with Gasteiger partial charge in [-0.05, 0) is 50.7 Å². The highest BCUT2D eigenvalue weighted by atomic mass is 16.3. The predicted molar refractivity (Wildman–Crippen MR) is 97.9 cm³/mol. The topological polar surface area (TPSA) is 93.2 Å². The Labute approximate surface area is 157 Å². The molecule has 2 aliphatic rings. The van der Waals surface area contributed by atoms with E-state index in [0.29, 0.717) is 24.7 Å². The van der Waals surface area contributed by atoms with Crippen molar-refractivity contribution in [1.82, 2.24) is 24.5 Å². The third-order valence-corrected chi connectivity index (χ3v) is 5.48. The minimum atomic E-state index is -0.508. The number of hydrogen-bond donors (Lipinski definition) is 1. The van der Waals surface area contributed by atoms with Crippen LogP contribution in [0.15, 0.2) is 16.9 Å². The van der Waals surface area contributed by atoms with Crippen LogP contribution in [0.5, 0.6) is 0 Å². The van der Waals surface area contributed by atoms with Crippen LogP contribution in [0.3, 0.4) is 0 Å². The lowest BCUT2D eigenvalue weighted by Crippen LogP contribution is -2.37. The van der Waals surface area contributed by atoms with Crippen molar-refractivity contribution in [2.24, 2.45) is 5.92 Å². The number of aliphatic hydroxyl groups excluding tert-OH is 1. The van der Waals surface area contributed by atoms with Crippen molar-refractivity contribution in [2.45, 2.75) is 58.8 Å². The minimum absolute atomic E-state index is 0.0638. The first-order valence-corrected chi connectivity index (χ1v) is 9.50. The van der Waals surface area contributed by atoms with Gasteiger partial charge >= 0.3 is 0 Å². The van der Waals surface area contributed by atoms with Crippen molar-refractivity contribution >= 4 is 5.91 Å². The lowest BCUT2D eigenvalue weighted by Gasteiger charge is -2.20. The highest BCUT2D eigenvalue weighted by molar-refractivity contribution is 5.75. The molecular weight excluding hydrogens is 346 g/mol. The summed E-state index contributed by atoms with van der Waals surface area (Å²) in [6.45, 7) is 5.36. The highest BCUT2D eigenvalue weighted by Gasteiger charge is 2.33. The molecule has 0 spiro atoms. The molecule has 8 nitrogen and oxygen atoms in total. The largest absolute Gasteiger partial charge is 0.386 e. The van der Waals surface area contributed by atoms with E-state index in [1.165, 1.54) is 10.7 Å². The van der Waals surface area contributed by atoms with Crippen LogP contribution in [0.4, 0.5) is 0 Å². The number of amides is 1. The molecule has 0 unspecified atom stereocenters. The smallest absolute Gasteiger partial charge is 0.267 e. The molecule has 1 N–H and O–H groups in total.